The van der Waals surface area contributed by atoms with E-state index in [0.717, 1.165) is 6.04 Å². The van der Waals surface area contributed by atoms with E-state index in [1.807, 2.05) is 0 Å². The molecule has 15 heavy (non-hydrogen) atoms. The van der Waals surface area contributed by atoms with Crippen LogP contribution in [0.1, 0.15) is 37.7 Å². The number of aryl methyl sites for hydroxylation is 1. The van der Waals surface area contributed by atoms with Crippen LogP contribution in [0.25, 0.3) is 0 Å². The molecule has 0 atom stereocenters. The van der Waals surface area contributed by atoms with Crippen molar-refractivity contribution in [1.29, 1.82) is 0 Å². The van der Waals surface area contributed by atoms with Crippen LogP contribution in [0.2, 0.25) is 0 Å². The van der Waals surface area contributed by atoms with Crippen molar-refractivity contribution in [3.05, 3.63) is 29.8 Å². The first kappa shape index (κ1) is 11.0. The maximum Gasteiger partial charge on any atom is 0.0257 e. The van der Waals surface area contributed by atoms with E-state index in [-0.39, 0.29) is 0 Å². The molecule has 0 heterocycles. The lowest BCUT2D eigenvalue weighted by Crippen LogP contribution is -2.25. The summed E-state index contributed by atoms with van der Waals surface area (Å²) in [5, 5.41) is 0. The highest BCUT2D eigenvalue weighted by molar-refractivity contribution is 7.97. The Bertz CT molecular complexity index is 305. The molecular weight excluding hydrogens is 202 g/mol. The Labute approximate surface area is 96.8 Å². The summed E-state index contributed by atoms with van der Waals surface area (Å²) in [6.45, 7) is 2.17. The molecule has 82 valence electrons. The average molecular weight is 221 g/mol. The van der Waals surface area contributed by atoms with Gasteiger partial charge < -0.3 is 0 Å². The van der Waals surface area contributed by atoms with Gasteiger partial charge >= 0.3 is 0 Å². The number of nitrogens with one attached hydrogen (secondary N) is 1. The van der Waals surface area contributed by atoms with Crippen LogP contribution in [-0.2, 0) is 0 Å². The molecule has 1 nitrogen and oxygen atoms in total. The standard InChI is InChI=1S/C13H19NS/c1-11-7-5-6-10-13(11)15-14-12-8-3-2-4-9-12/h5-7,10,12,14H,2-4,8-9H2,1H3. The van der Waals surface area contributed by atoms with Crippen molar-refractivity contribution in [3.63, 3.8) is 0 Å². The zero-order valence-electron chi connectivity index (χ0n) is 9.33. The number of hydrogen-bond acceptors (Lipinski definition) is 2. The molecule has 0 aromatic heterocycles. The summed E-state index contributed by atoms with van der Waals surface area (Å²) < 4.78 is 3.60. The van der Waals surface area contributed by atoms with Gasteiger partial charge in [-0.1, -0.05) is 37.5 Å². The van der Waals surface area contributed by atoms with Crippen molar-refractivity contribution in [2.24, 2.45) is 0 Å². The van der Waals surface area contributed by atoms with Crippen LogP contribution in [0.4, 0.5) is 0 Å². The lowest BCUT2D eigenvalue weighted by atomic mass is 9.96. The maximum absolute atomic E-state index is 3.60. The van der Waals surface area contributed by atoms with Crippen LogP contribution in [-0.4, -0.2) is 6.04 Å². The van der Waals surface area contributed by atoms with Crippen molar-refractivity contribution < 1.29 is 0 Å². The SMILES string of the molecule is Cc1ccccc1SNC1CCCCC1. The second kappa shape index (κ2) is 5.57. The fourth-order valence-corrected chi connectivity index (χ4v) is 2.94. The summed E-state index contributed by atoms with van der Waals surface area (Å²) in [6.07, 6.45) is 6.91. The Hall–Kier alpha value is -0.470. The van der Waals surface area contributed by atoms with Gasteiger partial charge in [0.2, 0.25) is 0 Å². The molecule has 1 aromatic rings. The molecule has 2 rings (SSSR count). The molecule has 1 N–H and O–H groups in total. The normalized spacial score (nSPS) is 17.9. The summed E-state index contributed by atoms with van der Waals surface area (Å²) in [5.74, 6) is 0. The second-order valence-corrected chi connectivity index (χ2v) is 5.20. The molecule has 1 aliphatic carbocycles. The van der Waals surface area contributed by atoms with Gasteiger partial charge in [0.05, 0.1) is 0 Å². The molecule has 1 aromatic carbocycles. The van der Waals surface area contributed by atoms with Crippen LogP contribution in [0.3, 0.4) is 0 Å². The fraction of sp³-hybridized carbons (Fsp3) is 0.538. The van der Waals surface area contributed by atoms with E-state index in [9.17, 15) is 0 Å². The largest absolute Gasteiger partial charge is 0.257 e. The van der Waals surface area contributed by atoms with E-state index in [0.29, 0.717) is 0 Å². The third kappa shape index (κ3) is 3.25. The summed E-state index contributed by atoms with van der Waals surface area (Å²) in [5.41, 5.74) is 1.37. The predicted molar refractivity (Wildman–Crippen MR) is 67.0 cm³/mol. The average Bonchev–Trinajstić information content (AvgIpc) is 2.29. The molecule has 1 aliphatic rings. The number of rotatable bonds is 3. The van der Waals surface area contributed by atoms with Crippen molar-refractivity contribution in [2.75, 3.05) is 0 Å². The highest BCUT2D eigenvalue weighted by Gasteiger charge is 2.12. The molecule has 1 saturated carbocycles. The lowest BCUT2D eigenvalue weighted by molar-refractivity contribution is 0.423. The zero-order valence-corrected chi connectivity index (χ0v) is 10.1. The van der Waals surface area contributed by atoms with Gasteiger partial charge in [0.25, 0.3) is 0 Å². The summed E-state index contributed by atoms with van der Waals surface area (Å²) in [4.78, 5) is 1.36. The Morgan fingerprint density at radius 1 is 1.13 bits per heavy atom. The molecule has 1 fully saturated rings. The van der Waals surface area contributed by atoms with E-state index in [2.05, 4.69) is 35.9 Å². The Morgan fingerprint density at radius 2 is 1.87 bits per heavy atom. The Balaban J connectivity index is 1.84. The van der Waals surface area contributed by atoms with Gasteiger partial charge in [-0.25, -0.2) is 0 Å². The van der Waals surface area contributed by atoms with Gasteiger partial charge in [0.15, 0.2) is 0 Å². The molecule has 0 saturated heterocycles. The van der Waals surface area contributed by atoms with Crippen molar-refractivity contribution >= 4 is 11.9 Å². The monoisotopic (exact) mass is 221 g/mol. The van der Waals surface area contributed by atoms with Crippen LogP contribution in [0, 0.1) is 6.92 Å². The first-order valence-electron chi connectivity index (χ1n) is 5.84. The smallest absolute Gasteiger partial charge is 0.0257 e. The topological polar surface area (TPSA) is 12.0 Å². The first-order valence-corrected chi connectivity index (χ1v) is 6.66. The minimum absolute atomic E-state index is 0.725. The van der Waals surface area contributed by atoms with Crippen LogP contribution < -0.4 is 4.72 Å². The fourth-order valence-electron chi connectivity index (χ4n) is 2.04. The third-order valence-electron chi connectivity index (χ3n) is 3.03. The van der Waals surface area contributed by atoms with Crippen molar-refractivity contribution in [1.82, 2.24) is 4.72 Å². The van der Waals surface area contributed by atoms with Crippen LogP contribution >= 0.6 is 11.9 Å². The van der Waals surface area contributed by atoms with E-state index >= 15 is 0 Å². The zero-order chi connectivity index (χ0) is 10.5. The van der Waals surface area contributed by atoms with Gasteiger partial charge in [0.1, 0.15) is 0 Å². The summed E-state index contributed by atoms with van der Waals surface area (Å²) in [6, 6.07) is 9.29. The molecule has 0 bridgehead atoms. The number of hydrogen-bond donors (Lipinski definition) is 1. The van der Waals surface area contributed by atoms with E-state index in [1.54, 1.807) is 11.9 Å². The van der Waals surface area contributed by atoms with Crippen molar-refractivity contribution in [3.8, 4) is 0 Å². The Morgan fingerprint density at radius 3 is 2.60 bits per heavy atom. The minimum atomic E-state index is 0.725. The molecule has 0 unspecified atom stereocenters. The van der Waals surface area contributed by atoms with Gasteiger partial charge in [0, 0.05) is 10.9 Å². The highest BCUT2D eigenvalue weighted by Crippen LogP contribution is 2.24. The van der Waals surface area contributed by atoms with E-state index in [4.69, 9.17) is 0 Å². The minimum Gasteiger partial charge on any atom is -0.257 e. The lowest BCUT2D eigenvalue weighted by Gasteiger charge is -2.22. The molecule has 0 amide bonds. The summed E-state index contributed by atoms with van der Waals surface area (Å²) in [7, 11) is 0. The molecular formula is C13H19NS. The second-order valence-electron chi connectivity index (χ2n) is 4.32. The molecule has 0 spiro atoms. The van der Waals surface area contributed by atoms with Gasteiger partial charge in [-0.05, 0) is 43.3 Å². The van der Waals surface area contributed by atoms with Crippen LogP contribution in [0.15, 0.2) is 29.2 Å². The first-order chi connectivity index (χ1) is 7.36. The summed E-state index contributed by atoms with van der Waals surface area (Å²) >= 11 is 1.80. The van der Waals surface area contributed by atoms with Crippen LogP contribution in [0.5, 0.6) is 0 Å². The third-order valence-corrected chi connectivity index (χ3v) is 4.16. The van der Waals surface area contributed by atoms with E-state index < -0.39 is 0 Å². The van der Waals surface area contributed by atoms with Gasteiger partial charge in [-0.15, -0.1) is 0 Å². The van der Waals surface area contributed by atoms with Crippen molar-refractivity contribution in [2.45, 2.75) is 50.0 Å². The number of benzene rings is 1. The van der Waals surface area contributed by atoms with Gasteiger partial charge in [-0.3, -0.25) is 4.72 Å². The predicted octanol–water partition coefficient (Wildman–Crippen LogP) is 3.92. The van der Waals surface area contributed by atoms with Gasteiger partial charge in [-0.2, -0.15) is 0 Å². The Kier molecular flexibility index (Phi) is 4.09. The molecule has 0 aliphatic heterocycles. The maximum atomic E-state index is 3.60. The quantitative estimate of drug-likeness (QED) is 0.776. The molecule has 0 radical (unpaired) electrons. The van der Waals surface area contributed by atoms with E-state index in [1.165, 1.54) is 42.6 Å². The molecule has 2 heteroatoms. The highest BCUT2D eigenvalue weighted by atomic mass is 32.2.